The molecule has 0 bridgehead atoms. The summed E-state index contributed by atoms with van der Waals surface area (Å²) in [6.07, 6.45) is 3.05. The van der Waals surface area contributed by atoms with Crippen LogP contribution < -0.4 is 16.2 Å². The Balaban J connectivity index is 4.67. The van der Waals surface area contributed by atoms with E-state index in [0.717, 1.165) is 12.8 Å². The highest BCUT2D eigenvalue weighted by Crippen LogP contribution is 2.30. The predicted molar refractivity (Wildman–Crippen MR) is 84.6 cm³/mol. The van der Waals surface area contributed by atoms with Crippen LogP contribution in [0.3, 0.4) is 0 Å². The first-order valence-electron chi connectivity index (χ1n) is 6.78. The maximum Gasteiger partial charge on any atom is 0.233 e. The van der Waals surface area contributed by atoms with E-state index < -0.39 is 15.4 Å². The van der Waals surface area contributed by atoms with Crippen molar-refractivity contribution < 1.29 is 13.2 Å². The number of thiocarbonyl (C=S) groups is 1. The van der Waals surface area contributed by atoms with E-state index in [4.69, 9.17) is 23.1 Å². The van der Waals surface area contributed by atoms with Crippen LogP contribution in [0, 0.1) is 5.41 Å². The molecule has 0 aromatic rings. The van der Waals surface area contributed by atoms with Gasteiger partial charge >= 0.3 is 0 Å². The van der Waals surface area contributed by atoms with Crippen molar-refractivity contribution in [2.24, 2.45) is 16.3 Å². The van der Waals surface area contributed by atoms with Crippen LogP contribution in [-0.2, 0) is 14.8 Å². The van der Waals surface area contributed by atoms with Gasteiger partial charge in [0, 0.05) is 6.54 Å². The Bertz CT molecular complexity index is 429. The molecule has 20 heavy (non-hydrogen) atoms. The minimum Gasteiger partial charge on any atom is -0.392 e. The van der Waals surface area contributed by atoms with Gasteiger partial charge in [0.15, 0.2) is 0 Å². The standard InChI is InChI=1S/C12H25N3O3S2/c1-3-6-12(7-4-2,10(13)19)11(16)15-8-5-9-20(14,17)18/h3-9H2,1-2H3,(H2,13,19)(H,15,16)(H2,14,17,18). The van der Waals surface area contributed by atoms with E-state index in [9.17, 15) is 13.2 Å². The molecule has 0 aliphatic heterocycles. The van der Waals surface area contributed by atoms with Gasteiger partial charge in [0.1, 0.15) is 0 Å². The fourth-order valence-corrected chi connectivity index (χ4v) is 3.05. The molecular formula is C12H25N3O3S2. The van der Waals surface area contributed by atoms with E-state index in [-0.39, 0.29) is 29.6 Å². The molecule has 0 fully saturated rings. The second-order valence-electron chi connectivity index (χ2n) is 4.92. The van der Waals surface area contributed by atoms with Crippen LogP contribution >= 0.6 is 12.2 Å². The summed E-state index contributed by atoms with van der Waals surface area (Å²) >= 11 is 5.08. The minimum absolute atomic E-state index is 0.158. The van der Waals surface area contributed by atoms with Gasteiger partial charge in [-0.15, -0.1) is 0 Å². The summed E-state index contributed by atoms with van der Waals surface area (Å²) in [5.41, 5.74) is 4.94. The molecule has 0 aromatic carbocycles. The summed E-state index contributed by atoms with van der Waals surface area (Å²) < 4.78 is 21.6. The SMILES string of the molecule is CCCC(CCC)(C(=O)NCCCS(N)(=O)=O)C(N)=S. The van der Waals surface area contributed by atoms with E-state index in [1.165, 1.54) is 0 Å². The van der Waals surface area contributed by atoms with Gasteiger partial charge in [-0.25, -0.2) is 13.6 Å². The Hall–Kier alpha value is -0.730. The number of carbonyl (C=O) groups excluding carboxylic acids is 1. The van der Waals surface area contributed by atoms with Crippen LogP contribution in [0.2, 0.25) is 0 Å². The number of rotatable bonds is 10. The van der Waals surface area contributed by atoms with E-state index in [0.29, 0.717) is 12.8 Å². The van der Waals surface area contributed by atoms with Crippen LogP contribution in [0.25, 0.3) is 0 Å². The Morgan fingerprint density at radius 3 is 2.10 bits per heavy atom. The molecule has 0 spiro atoms. The van der Waals surface area contributed by atoms with Crippen molar-refractivity contribution in [2.45, 2.75) is 46.0 Å². The summed E-state index contributed by atoms with van der Waals surface area (Å²) in [4.78, 5) is 12.6. The molecule has 5 N–H and O–H groups in total. The number of amides is 1. The highest BCUT2D eigenvalue weighted by molar-refractivity contribution is 7.89. The molecule has 0 unspecified atom stereocenters. The first-order valence-corrected chi connectivity index (χ1v) is 8.90. The monoisotopic (exact) mass is 323 g/mol. The molecule has 0 aliphatic carbocycles. The number of carbonyl (C=O) groups is 1. The molecule has 6 nitrogen and oxygen atoms in total. The fraction of sp³-hybridized carbons (Fsp3) is 0.833. The van der Waals surface area contributed by atoms with Crippen molar-refractivity contribution in [3.8, 4) is 0 Å². The molecule has 0 aliphatic rings. The fourth-order valence-electron chi connectivity index (χ4n) is 2.21. The zero-order valence-corrected chi connectivity index (χ0v) is 13.8. The van der Waals surface area contributed by atoms with Gasteiger partial charge in [-0.1, -0.05) is 38.9 Å². The van der Waals surface area contributed by atoms with Gasteiger partial charge in [-0.05, 0) is 19.3 Å². The van der Waals surface area contributed by atoms with E-state index >= 15 is 0 Å². The number of nitrogens with two attached hydrogens (primary N) is 2. The lowest BCUT2D eigenvalue weighted by atomic mass is 9.78. The smallest absolute Gasteiger partial charge is 0.233 e. The van der Waals surface area contributed by atoms with E-state index in [1.807, 2.05) is 13.8 Å². The lowest BCUT2D eigenvalue weighted by molar-refractivity contribution is -0.128. The number of hydrogen-bond acceptors (Lipinski definition) is 4. The van der Waals surface area contributed by atoms with Gasteiger partial charge in [0.05, 0.1) is 16.2 Å². The van der Waals surface area contributed by atoms with E-state index in [1.54, 1.807) is 0 Å². The summed E-state index contributed by atoms with van der Waals surface area (Å²) in [5.74, 6) is -0.377. The van der Waals surface area contributed by atoms with Crippen LogP contribution in [0.1, 0.15) is 46.0 Å². The molecule has 118 valence electrons. The number of primary sulfonamides is 1. The van der Waals surface area contributed by atoms with Crippen LogP contribution in [0.4, 0.5) is 0 Å². The lowest BCUT2D eigenvalue weighted by Crippen LogP contribution is -2.49. The Labute approximate surface area is 126 Å². The molecule has 0 saturated carbocycles. The van der Waals surface area contributed by atoms with Crippen molar-refractivity contribution in [2.75, 3.05) is 12.3 Å². The average Bonchev–Trinajstić information content (AvgIpc) is 2.32. The van der Waals surface area contributed by atoms with Crippen molar-refractivity contribution in [3.63, 3.8) is 0 Å². The van der Waals surface area contributed by atoms with Crippen LogP contribution in [-0.4, -0.2) is 31.6 Å². The summed E-state index contributed by atoms with van der Waals surface area (Å²) in [6.45, 7) is 4.18. The Morgan fingerprint density at radius 2 is 1.75 bits per heavy atom. The molecule has 0 aromatic heterocycles. The third-order valence-electron chi connectivity index (χ3n) is 3.15. The van der Waals surface area contributed by atoms with Crippen LogP contribution in [0.15, 0.2) is 0 Å². The zero-order chi connectivity index (χ0) is 15.8. The van der Waals surface area contributed by atoms with Gasteiger partial charge in [-0.2, -0.15) is 0 Å². The topological polar surface area (TPSA) is 115 Å². The van der Waals surface area contributed by atoms with Crippen molar-refractivity contribution in [1.82, 2.24) is 5.32 Å². The normalized spacial score (nSPS) is 12.2. The summed E-state index contributed by atoms with van der Waals surface area (Å²) in [6, 6.07) is 0. The summed E-state index contributed by atoms with van der Waals surface area (Å²) in [7, 11) is -3.50. The second kappa shape index (κ2) is 8.53. The average molecular weight is 323 g/mol. The lowest BCUT2D eigenvalue weighted by Gasteiger charge is -2.31. The quantitative estimate of drug-likeness (QED) is 0.403. The first kappa shape index (κ1) is 19.3. The molecule has 8 heteroatoms. The van der Waals surface area contributed by atoms with Crippen LogP contribution in [0.5, 0.6) is 0 Å². The van der Waals surface area contributed by atoms with Gasteiger partial charge < -0.3 is 11.1 Å². The van der Waals surface area contributed by atoms with Gasteiger partial charge in [0.25, 0.3) is 0 Å². The molecule has 0 heterocycles. The van der Waals surface area contributed by atoms with E-state index in [2.05, 4.69) is 5.32 Å². The Morgan fingerprint density at radius 1 is 1.25 bits per heavy atom. The van der Waals surface area contributed by atoms with Gasteiger partial charge in [0.2, 0.25) is 15.9 Å². The molecule has 0 rings (SSSR count). The zero-order valence-electron chi connectivity index (χ0n) is 12.1. The molecule has 0 atom stereocenters. The highest BCUT2D eigenvalue weighted by Gasteiger charge is 2.39. The third-order valence-corrected chi connectivity index (χ3v) is 4.40. The van der Waals surface area contributed by atoms with Crippen molar-refractivity contribution in [1.29, 1.82) is 0 Å². The Kier molecular flexibility index (Phi) is 8.22. The largest absolute Gasteiger partial charge is 0.392 e. The molecule has 1 amide bonds. The minimum atomic E-state index is -3.50. The maximum absolute atomic E-state index is 12.4. The van der Waals surface area contributed by atoms with Gasteiger partial charge in [-0.3, -0.25) is 4.79 Å². The third kappa shape index (κ3) is 6.15. The predicted octanol–water partition coefficient (Wildman–Crippen LogP) is 0.654. The number of hydrogen-bond donors (Lipinski definition) is 3. The first-order chi connectivity index (χ1) is 9.19. The van der Waals surface area contributed by atoms with Crippen molar-refractivity contribution in [3.05, 3.63) is 0 Å². The second-order valence-corrected chi connectivity index (χ2v) is 7.10. The highest BCUT2D eigenvalue weighted by atomic mass is 32.2. The number of nitrogens with one attached hydrogen (secondary N) is 1. The molecule has 0 radical (unpaired) electrons. The number of sulfonamides is 1. The maximum atomic E-state index is 12.4. The summed E-state index contributed by atoms with van der Waals surface area (Å²) in [5, 5.41) is 7.62. The molecule has 0 saturated heterocycles. The molecular weight excluding hydrogens is 298 g/mol. The van der Waals surface area contributed by atoms with Crippen molar-refractivity contribution >= 4 is 33.1 Å².